The van der Waals surface area contributed by atoms with Crippen LogP contribution in [0.4, 0.5) is 32.6 Å². The molecule has 71 heavy (non-hydrogen) atoms. The molecule has 0 spiro atoms. The van der Waals surface area contributed by atoms with E-state index in [4.69, 9.17) is 9.97 Å². The van der Waals surface area contributed by atoms with Gasteiger partial charge in [-0.05, 0) is 188 Å². The molecule has 2 aliphatic carbocycles. The maximum atomic E-state index is 15.6. The summed E-state index contributed by atoms with van der Waals surface area (Å²) < 4.78 is 0. The number of nitrogens with zero attached hydrogens (tertiary/aromatic N) is 6. The molecule has 6 unspecified atom stereocenters. The third-order valence-corrected chi connectivity index (χ3v) is 17.0. The number of carbonyl (C=O) groups is 2. The molecule has 0 saturated carbocycles. The second kappa shape index (κ2) is 19.1. The highest BCUT2D eigenvalue weighted by Crippen LogP contribution is 2.40. The Morgan fingerprint density at radius 3 is 1.38 bits per heavy atom. The predicted octanol–water partition coefficient (Wildman–Crippen LogP) is 11.8. The fourth-order valence-corrected chi connectivity index (χ4v) is 14.1. The van der Waals surface area contributed by atoms with Crippen molar-refractivity contribution in [3.63, 3.8) is 0 Å². The zero-order valence-corrected chi connectivity index (χ0v) is 41.9. The molecule has 4 saturated heterocycles. The number of hydrogen-bond donors (Lipinski definition) is 4. The highest BCUT2D eigenvalue weighted by molar-refractivity contribution is 6.07. The van der Waals surface area contributed by atoms with Crippen molar-refractivity contribution in [1.82, 2.24) is 30.4 Å². The maximum absolute atomic E-state index is 15.6. The summed E-state index contributed by atoms with van der Waals surface area (Å²) in [5.41, 5.74) is 8.23. The zero-order valence-electron chi connectivity index (χ0n) is 41.9. The Hall–Kier alpha value is -6.24. The van der Waals surface area contributed by atoms with Gasteiger partial charge in [0, 0.05) is 59.1 Å². The molecular weight excluding hydrogens is 881 g/mol. The molecule has 6 atom stereocenters. The predicted molar refractivity (Wildman–Crippen MR) is 286 cm³/mol. The van der Waals surface area contributed by atoms with E-state index in [0.717, 1.165) is 110 Å². The number of urea groups is 2. The molecule has 12 nitrogen and oxygen atoms in total. The van der Waals surface area contributed by atoms with Gasteiger partial charge in [-0.25, -0.2) is 19.6 Å². The molecule has 2 aromatic heterocycles. The summed E-state index contributed by atoms with van der Waals surface area (Å²) in [5.74, 6) is 1.63. The van der Waals surface area contributed by atoms with Gasteiger partial charge in [0.1, 0.15) is 11.6 Å². The zero-order chi connectivity index (χ0) is 48.3. The van der Waals surface area contributed by atoms with E-state index in [1.54, 1.807) is 10.0 Å². The van der Waals surface area contributed by atoms with Crippen LogP contribution in [0.3, 0.4) is 0 Å². The van der Waals surface area contributed by atoms with Crippen molar-refractivity contribution in [3.05, 3.63) is 131 Å². The number of fused-ring (bicyclic) bond motifs is 8. The number of aromatic nitrogens is 2. The molecule has 12 rings (SSSR count). The van der Waals surface area contributed by atoms with Gasteiger partial charge in [0.15, 0.2) is 0 Å². The number of benzene rings is 4. The molecule has 6 heterocycles. The van der Waals surface area contributed by atoms with Gasteiger partial charge >= 0.3 is 12.1 Å². The van der Waals surface area contributed by atoms with Crippen molar-refractivity contribution in [2.75, 3.05) is 20.7 Å². The summed E-state index contributed by atoms with van der Waals surface area (Å²) in [4.78, 5) is 46.6. The fourth-order valence-electron chi connectivity index (χ4n) is 14.1. The van der Waals surface area contributed by atoms with Crippen LogP contribution in [0.25, 0.3) is 21.8 Å². The van der Waals surface area contributed by atoms with Crippen LogP contribution in [-0.4, -0.2) is 80.2 Å². The smallest absolute Gasteiger partial charge is 0.341 e. The van der Waals surface area contributed by atoms with Crippen molar-refractivity contribution in [3.8, 4) is 0 Å². The van der Waals surface area contributed by atoms with Gasteiger partial charge in [0.05, 0.1) is 34.5 Å². The molecule has 4 aromatic carbocycles. The van der Waals surface area contributed by atoms with Crippen molar-refractivity contribution < 1.29 is 9.59 Å². The van der Waals surface area contributed by atoms with Crippen LogP contribution in [0.1, 0.15) is 133 Å². The van der Waals surface area contributed by atoms with Gasteiger partial charge in [-0.1, -0.05) is 55.0 Å². The average Bonchev–Trinajstić information content (AvgIpc) is 4.05. The minimum Gasteiger partial charge on any atom is -0.363 e. The number of nitrogens with one attached hydrogen (secondary N) is 4. The molecule has 4 bridgehead atoms. The van der Waals surface area contributed by atoms with Crippen LogP contribution >= 0.6 is 0 Å². The van der Waals surface area contributed by atoms with E-state index in [1.165, 1.54) is 28.7 Å². The third-order valence-electron chi connectivity index (χ3n) is 17.0. The molecule has 368 valence electrons. The van der Waals surface area contributed by atoms with Crippen molar-refractivity contribution in [2.45, 2.75) is 172 Å². The number of anilines is 4. The Bertz CT molecular complexity index is 2930. The highest BCUT2D eigenvalue weighted by Gasteiger charge is 2.44. The molecule has 4 aliphatic heterocycles. The van der Waals surface area contributed by atoms with Crippen molar-refractivity contribution in [2.24, 2.45) is 0 Å². The van der Waals surface area contributed by atoms with Crippen LogP contribution < -0.4 is 31.3 Å². The normalized spacial score (nSPS) is 25.8. The lowest BCUT2D eigenvalue weighted by Crippen LogP contribution is -2.63. The Balaban J connectivity index is 0.903. The van der Waals surface area contributed by atoms with Crippen molar-refractivity contribution >= 4 is 56.9 Å². The lowest BCUT2D eigenvalue weighted by Gasteiger charge is -2.51. The molecule has 4 N–H and O–H groups in total. The summed E-state index contributed by atoms with van der Waals surface area (Å²) in [7, 11) is 0. The lowest BCUT2D eigenvalue weighted by atomic mass is 9.81. The molecule has 0 radical (unpaired) electrons. The van der Waals surface area contributed by atoms with Gasteiger partial charge in [-0.2, -0.15) is 10.0 Å². The van der Waals surface area contributed by atoms with E-state index in [0.29, 0.717) is 47.6 Å². The first-order valence-electron chi connectivity index (χ1n) is 26.9. The van der Waals surface area contributed by atoms with Gasteiger partial charge in [0.25, 0.3) is 0 Å². The molecule has 6 aromatic rings. The maximum Gasteiger partial charge on any atom is 0.341 e. The van der Waals surface area contributed by atoms with E-state index in [1.807, 2.05) is 48.5 Å². The van der Waals surface area contributed by atoms with Gasteiger partial charge in [-0.15, -0.1) is 0 Å². The van der Waals surface area contributed by atoms with Crippen molar-refractivity contribution in [1.29, 1.82) is 0 Å². The first-order chi connectivity index (χ1) is 34.6. The summed E-state index contributed by atoms with van der Waals surface area (Å²) in [6.07, 6.45) is 13.4. The number of hydrazine groups is 1. The monoisotopic (exact) mass is 951 g/mol. The van der Waals surface area contributed by atoms with Gasteiger partial charge in [0.2, 0.25) is 0 Å². The van der Waals surface area contributed by atoms with E-state index < -0.39 is 0 Å². The number of rotatable bonds is 10. The Morgan fingerprint density at radius 1 is 0.521 bits per heavy atom. The number of piperidine rings is 3. The second-order valence-electron chi connectivity index (χ2n) is 22.1. The highest BCUT2D eigenvalue weighted by atomic mass is 16.2. The molecular formula is C59H70N10O2. The van der Waals surface area contributed by atoms with Crippen LogP contribution in [0.5, 0.6) is 0 Å². The van der Waals surface area contributed by atoms with Gasteiger partial charge < -0.3 is 21.3 Å². The van der Waals surface area contributed by atoms with Crippen LogP contribution in [0.15, 0.2) is 109 Å². The quantitative estimate of drug-likeness (QED) is 0.100. The minimum absolute atomic E-state index is 0.0304. The number of pyridine rings is 2. The number of hydrogen-bond acceptors (Lipinski definition) is 8. The Kier molecular flexibility index (Phi) is 12.3. The number of carbonyl (C=O) groups excluding carboxylic acids is 2. The van der Waals surface area contributed by atoms with E-state index in [-0.39, 0.29) is 36.2 Å². The summed E-state index contributed by atoms with van der Waals surface area (Å²) in [5, 5.41) is 19.4. The average molecular weight is 951 g/mol. The molecule has 4 amide bonds. The molecule has 6 aliphatic rings. The number of aryl methyl sites for hydroxylation is 2. The van der Waals surface area contributed by atoms with Gasteiger partial charge in [-0.3, -0.25) is 9.80 Å². The Morgan fingerprint density at radius 2 is 0.944 bits per heavy atom. The third kappa shape index (κ3) is 8.96. The second-order valence-corrected chi connectivity index (χ2v) is 22.1. The first-order valence-corrected chi connectivity index (χ1v) is 26.9. The first kappa shape index (κ1) is 45.9. The fraction of sp³-hybridized carbons (Fsp3) is 0.458. The SMILES string of the molecule is CC(C)N1C2CCCC1CC(NC(=O)N(c1ccc3nc(NC4CCc5ccccc54)ccc3c1)N(C(=O)NC1CC3CCC(C1)N3C(C)C)c1ccc3nc(NC4CCc5ccccc54)ccc3c1)C2. The van der Waals surface area contributed by atoms with Crippen LogP contribution in [0.2, 0.25) is 0 Å². The molecule has 4 fully saturated rings. The van der Waals surface area contributed by atoms with Crippen LogP contribution in [-0.2, 0) is 12.8 Å². The minimum atomic E-state index is -0.325. The van der Waals surface area contributed by atoms with E-state index in [2.05, 4.69) is 119 Å². The summed E-state index contributed by atoms with van der Waals surface area (Å²) >= 11 is 0. The van der Waals surface area contributed by atoms with Crippen LogP contribution in [0, 0.1) is 0 Å². The largest absolute Gasteiger partial charge is 0.363 e. The van der Waals surface area contributed by atoms with E-state index in [9.17, 15) is 0 Å². The lowest BCUT2D eigenvalue weighted by molar-refractivity contribution is 0.00219. The topological polar surface area (TPSA) is 121 Å². The summed E-state index contributed by atoms with van der Waals surface area (Å²) in [6.45, 7) is 9.17. The van der Waals surface area contributed by atoms with E-state index >= 15 is 9.59 Å². The Labute approximate surface area is 418 Å². The number of amides is 4. The standard InChI is InChI=1S/C59H70N10O2/c1-36(2)66-44-12-9-13-45(66)33-42(32-44)60-58(70)68(48-22-26-52-40(30-48)18-28-56(62-52)64-54-24-16-38-10-5-7-14-50(38)54)69(59(71)61-43-34-46-20-21-47(35-43)67(46)37(3)4)49-23-27-53-41(31-49)19-29-57(63-53)65-55-25-17-39-11-6-8-15-51(39)55/h5-8,10-11,14-15,18-19,22-23,26-31,36-37,42-47,54-55H,9,12-13,16-17,20-21,24-25,32-35H2,1-4H3,(H,60,70)(H,61,71)(H,62,64)(H,63,65). The molecule has 12 heteroatoms. The summed E-state index contributed by atoms with van der Waals surface area (Å²) in [6, 6.07) is 39.7.